The van der Waals surface area contributed by atoms with Crippen LogP contribution in [0.2, 0.25) is 0 Å². The topological polar surface area (TPSA) is 87.2 Å². The molecule has 1 fully saturated rings. The Bertz CT molecular complexity index is 1350. The number of hydrogen-bond donors (Lipinski definition) is 0. The fourth-order valence-electron chi connectivity index (χ4n) is 5.99. The number of benzene rings is 1. The van der Waals surface area contributed by atoms with E-state index in [1.807, 2.05) is 52.0 Å². The molecule has 1 aromatic heterocycles. The predicted molar refractivity (Wildman–Crippen MR) is 152 cm³/mol. The van der Waals surface area contributed by atoms with E-state index in [0.29, 0.717) is 19.2 Å². The molecule has 0 bridgehead atoms. The lowest BCUT2D eigenvalue weighted by molar-refractivity contribution is -0.157. The summed E-state index contributed by atoms with van der Waals surface area (Å²) < 4.78 is 63.8. The Kier molecular flexibility index (Phi) is 9.73. The maximum Gasteiger partial charge on any atom is 0.417 e. The Labute approximate surface area is 250 Å². The second-order valence-electron chi connectivity index (χ2n) is 11.8. The van der Waals surface area contributed by atoms with Gasteiger partial charge in [0.25, 0.3) is 5.91 Å². The van der Waals surface area contributed by atoms with E-state index in [1.54, 1.807) is 13.0 Å². The largest absolute Gasteiger partial charge is 0.488 e. The molecule has 0 unspecified atom stereocenters. The molecule has 3 heterocycles. The summed E-state index contributed by atoms with van der Waals surface area (Å²) in [4.78, 5) is 33.4. The van der Waals surface area contributed by atoms with Crippen LogP contribution >= 0.6 is 0 Å². The molecule has 1 amide bonds. The van der Waals surface area contributed by atoms with Crippen molar-refractivity contribution in [1.29, 1.82) is 0 Å². The number of aromatic nitrogens is 1. The van der Waals surface area contributed by atoms with Gasteiger partial charge in [0.1, 0.15) is 6.04 Å². The number of halogens is 3. The first-order chi connectivity index (χ1) is 20.3. The zero-order valence-corrected chi connectivity index (χ0v) is 25.4. The third kappa shape index (κ3) is 6.82. The third-order valence-electron chi connectivity index (χ3n) is 7.90. The lowest BCUT2D eigenvalue weighted by Crippen LogP contribution is -2.48. The molecule has 1 aromatic carbocycles. The average molecular weight is 605 g/mol. The van der Waals surface area contributed by atoms with Crippen molar-refractivity contribution < 1.29 is 41.7 Å². The van der Waals surface area contributed by atoms with E-state index in [1.165, 1.54) is 12.0 Å². The van der Waals surface area contributed by atoms with Gasteiger partial charge in [-0.2, -0.15) is 13.2 Å². The van der Waals surface area contributed by atoms with E-state index in [4.69, 9.17) is 18.9 Å². The predicted octanol–water partition coefficient (Wildman–Crippen LogP) is 6.17. The van der Waals surface area contributed by atoms with Gasteiger partial charge in [-0.05, 0) is 55.4 Å². The molecule has 0 radical (unpaired) electrons. The van der Waals surface area contributed by atoms with Crippen LogP contribution in [0.4, 0.5) is 13.2 Å². The minimum absolute atomic E-state index is 0.0126. The normalized spacial score (nSPS) is 22.5. The second kappa shape index (κ2) is 13.0. The van der Waals surface area contributed by atoms with Gasteiger partial charge in [-0.25, -0.2) is 9.78 Å². The van der Waals surface area contributed by atoms with Gasteiger partial charge in [0.05, 0.1) is 44.6 Å². The van der Waals surface area contributed by atoms with Crippen LogP contribution in [-0.2, 0) is 36.6 Å². The molecule has 4 atom stereocenters. The van der Waals surface area contributed by atoms with Gasteiger partial charge in [0.2, 0.25) is 5.88 Å². The van der Waals surface area contributed by atoms with Crippen molar-refractivity contribution in [3.63, 3.8) is 0 Å². The van der Waals surface area contributed by atoms with E-state index >= 15 is 0 Å². The van der Waals surface area contributed by atoms with Crippen LogP contribution in [0.15, 0.2) is 48.4 Å². The van der Waals surface area contributed by atoms with E-state index in [0.717, 1.165) is 23.6 Å². The van der Waals surface area contributed by atoms with E-state index in [-0.39, 0.29) is 30.4 Å². The molecule has 234 valence electrons. The Morgan fingerprint density at radius 1 is 1.16 bits per heavy atom. The molecule has 2 aliphatic heterocycles. The van der Waals surface area contributed by atoms with E-state index in [9.17, 15) is 22.8 Å². The lowest BCUT2D eigenvalue weighted by Gasteiger charge is -2.35. The number of esters is 1. The van der Waals surface area contributed by atoms with E-state index in [2.05, 4.69) is 4.98 Å². The number of pyridine rings is 1. The zero-order chi connectivity index (χ0) is 31.5. The van der Waals surface area contributed by atoms with Gasteiger partial charge < -0.3 is 23.8 Å². The third-order valence-corrected chi connectivity index (χ3v) is 7.90. The summed E-state index contributed by atoms with van der Waals surface area (Å²) in [5.74, 6) is -1.54. The highest BCUT2D eigenvalue weighted by atomic mass is 19.4. The van der Waals surface area contributed by atoms with Gasteiger partial charge in [-0.15, -0.1) is 0 Å². The van der Waals surface area contributed by atoms with Gasteiger partial charge in [0.15, 0.2) is 5.76 Å². The molecule has 0 spiro atoms. The summed E-state index contributed by atoms with van der Waals surface area (Å²) >= 11 is 0. The fraction of sp³-hybridized carbons (Fsp3) is 0.531. The molecule has 2 aromatic rings. The first-order valence-corrected chi connectivity index (χ1v) is 14.4. The maximum atomic E-state index is 14.3. The number of aryl methyl sites for hydroxylation is 1. The van der Waals surface area contributed by atoms with Gasteiger partial charge in [-0.3, -0.25) is 4.79 Å². The highest BCUT2D eigenvalue weighted by molar-refractivity contribution is 5.96. The van der Waals surface area contributed by atoms with Gasteiger partial charge in [0, 0.05) is 17.7 Å². The fourth-order valence-corrected chi connectivity index (χ4v) is 5.99. The number of alkyl halides is 3. The van der Waals surface area contributed by atoms with Crippen molar-refractivity contribution in [1.82, 2.24) is 9.88 Å². The van der Waals surface area contributed by atoms with E-state index < -0.39 is 53.1 Å². The minimum atomic E-state index is -4.62. The van der Waals surface area contributed by atoms with Crippen LogP contribution < -0.4 is 4.74 Å². The summed E-state index contributed by atoms with van der Waals surface area (Å²) in [5.41, 5.74) is 0.129. The maximum absolute atomic E-state index is 14.3. The molecule has 11 heteroatoms. The zero-order valence-electron chi connectivity index (χ0n) is 25.4. The van der Waals surface area contributed by atoms with Crippen molar-refractivity contribution in [3.8, 4) is 5.88 Å². The van der Waals surface area contributed by atoms with Gasteiger partial charge in [-0.1, -0.05) is 45.0 Å². The molecule has 0 saturated carbocycles. The van der Waals surface area contributed by atoms with Crippen LogP contribution in [0.5, 0.6) is 5.88 Å². The number of nitrogens with zero attached hydrogens (tertiary/aromatic N) is 2. The SMILES string of the molecule is CCOC(=O)[C@@H]1[C@@H](C(C)(C)C)[C@H](OCc2cc(C(F)(F)F)cnc2OC)[C@H](c2ccccc2C)N1C(=O)C1=CCCCO1. The van der Waals surface area contributed by atoms with Crippen molar-refractivity contribution in [2.75, 3.05) is 20.3 Å². The number of allylic oxidation sites excluding steroid dienone is 1. The molecule has 43 heavy (non-hydrogen) atoms. The van der Waals surface area contributed by atoms with Crippen molar-refractivity contribution in [2.24, 2.45) is 11.3 Å². The summed E-state index contributed by atoms with van der Waals surface area (Å²) in [6.45, 7) is 9.56. The van der Waals surface area contributed by atoms with Crippen molar-refractivity contribution >= 4 is 11.9 Å². The minimum Gasteiger partial charge on any atom is -0.488 e. The summed E-state index contributed by atoms with van der Waals surface area (Å²) in [5, 5.41) is 0. The van der Waals surface area contributed by atoms with Gasteiger partial charge >= 0.3 is 12.1 Å². The number of likely N-dealkylation sites (tertiary alicyclic amines) is 1. The van der Waals surface area contributed by atoms with Crippen LogP contribution in [0.1, 0.15) is 68.8 Å². The summed E-state index contributed by atoms with van der Waals surface area (Å²) in [6, 6.07) is 6.57. The van der Waals surface area contributed by atoms with Crippen molar-refractivity contribution in [3.05, 3.63) is 70.6 Å². The molecular formula is C32H39F3N2O6. The van der Waals surface area contributed by atoms with Crippen LogP contribution in [0.25, 0.3) is 0 Å². The first-order valence-electron chi connectivity index (χ1n) is 14.4. The summed E-state index contributed by atoms with van der Waals surface area (Å²) in [6.07, 6.45) is -1.60. The highest BCUT2D eigenvalue weighted by Gasteiger charge is 2.60. The monoisotopic (exact) mass is 604 g/mol. The van der Waals surface area contributed by atoms with Crippen LogP contribution in [0, 0.1) is 18.3 Å². The smallest absolute Gasteiger partial charge is 0.417 e. The number of carbonyl (C=O) groups excluding carboxylic acids is 2. The molecule has 0 aliphatic carbocycles. The molecule has 8 nitrogen and oxygen atoms in total. The second-order valence-corrected chi connectivity index (χ2v) is 11.8. The molecule has 1 saturated heterocycles. The standard InChI is InChI=1S/C32H39F3N2O6/c1-7-41-30(39)26-24(31(3,4)5)27(43-18-20-16-21(32(33,34)35)17-36-28(20)40-6)25(22-13-9-8-12-19(22)2)37(26)29(38)23-14-10-11-15-42-23/h8-9,12-14,16-17,24-27H,7,10-11,15,18H2,1-6H3/t24-,25+,26+,27+/m1/s1. The Hall–Kier alpha value is -3.60. The highest BCUT2D eigenvalue weighted by Crippen LogP contribution is 2.51. The molecule has 4 rings (SSSR count). The number of carbonyl (C=O) groups is 2. The Morgan fingerprint density at radius 2 is 1.88 bits per heavy atom. The van der Waals surface area contributed by atoms with Crippen LogP contribution in [0.3, 0.4) is 0 Å². The molecular weight excluding hydrogens is 565 g/mol. The lowest BCUT2D eigenvalue weighted by atomic mass is 9.73. The molecule has 0 N–H and O–H groups in total. The number of methoxy groups -OCH3 is 1. The van der Waals surface area contributed by atoms with Crippen molar-refractivity contribution in [2.45, 2.75) is 78.4 Å². The number of ether oxygens (including phenoxy) is 4. The quantitative estimate of drug-likeness (QED) is 0.333. The van der Waals surface area contributed by atoms with Crippen LogP contribution in [-0.4, -0.2) is 54.2 Å². The summed E-state index contributed by atoms with van der Waals surface area (Å²) in [7, 11) is 1.32. The Balaban J connectivity index is 1.89. The molecule has 2 aliphatic rings. The average Bonchev–Trinajstić information content (AvgIpc) is 3.31. The Morgan fingerprint density at radius 3 is 2.47 bits per heavy atom. The first kappa shape index (κ1) is 32.3. The number of hydrogen-bond acceptors (Lipinski definition) is 7. The number of rotatable bonds is 8. The number of amides is 1.